The molecule has 0 aliphatic rings. The summed E-state index contributed by atoms with van der Waals surface area (Å²) in [5.74, 6) is -0.267. The van der Waals surface area contributed by atoms with Gasteiger partial charge in [-0.25, -0.2) is 8.42 Å². The molecule has 28 heavy (non-hydrogen) atoms. The van der Waals surface area contributed by atoms with Gasteiger partial charge in [-0.05, 0) is 36.8 Å². The van der Waals surface area contributed by atoms with Crippen molar-refractivity contribution in [1.29, 1.82) is 0 Å². The van der Waals surface area contributed by atoms with Crippen molar-refractivity contribution in [1.82, 2.24) is 9.62 Å². The molecule has 2 rings (SSSR count). The molecule has 0 saturated carbocycles. The van der Waals surface area contributed by atoms with Crippen LogP contribution in [0.1, 0.15) is 32.4 Å². The summed E-state index contributed by atoms with van der Waals surface area (Å²) in [6, 6.07) is 13.6. The molecule has 0 fully saturated rings. The normalized spacial score (nSPS) is 12.8. The third-order valence-electron chi connectivity index (χ3n) is 4.40. The summed E-state index contributed by atoms with van der Waals surface area (Å²) in [6.07, 6.45) is 0. The van der Waals surface area contributed by atoms with Gasteiger partial charge in [0.25, 0.3) is 0 Å². The Kier molecular flexibility index (Phi) is 8.00. The minimum absolute atomic E-state index is 0.0689. The van der Waals surface area contributed by atoms with E-state index in [0.29, 0.717) is 23.8 Å². The lowest BCUT2D eigenvalue weighted by Crippen LogP contribution is -2.31. The highest BCUT2D eigenvalue weighted by Gasteiger charge is 2.21. The van der Waals surface area contributed by atoms with Gasteiger partial charge in [-0.3, -0.25) is 4.79 Å². The van der Waals surface area contributed by atoms with Crippen LogP contribution in [0.15, 0.2) is 53.4 Å². The van der Waals surface area contributed by atoms with Gasteiger partial charge in [0.05, 0.1) is 11.4 Å². The van der Waals surface area contributed by atoms with E-state index in [1.807, 2.05) is 25.1 Å². The lowest BCUT2D eigenvalue weighted by molar-refractivity contribution is -0.115. The van der Waals surface area contributed by atoms with Crippen molar-refractivity contribution in [3.63, 3.8) is 0 Å². The molecule has 8 heteroatoms. The molecule has 6 nitrogen and oxygen atoms in total. The predicted octanol–water partition coefficient (Wildman–Crippen LogP) is 3.66. The molecule has 2 N–H and O–H groups in total. The number of nitrogens with one attached hydrogen (secondary N) is 2. The van der Waals surface area contributed by atoms with Gasteiger partial charge in [0.15, 0.2) is 0 Å². The lowest BCUT2D eigenvalue weighted by Gasteiger charge is -2.19. The topological polar surface area (TPSA) is 78.5 Å². The molecule has 152 valence electrons. The van der Waals surface area contributed by atoms with Gasteiger partial charge >= 0.3 is 0 Å². The number of benzene rings is 2. The minimum Gasteiger partial charge on any atom is -0.325 e. The number of amides is 1. The number of carbonyl (C=O) groups is 1. The van der Waals surface area contributed by atoms with E-state index in [4.69, 9.17) is 11.6 Å². The summed E-state index contributed by atoms with van der Waals surface area (Å²) in [5.41, 5.74) is 1.34. The number of halogens is 1. The van der Waals surface area contributed by atoms with E-state index in [2.05, 4.69) is 10.6 Å². The molecule has 0 aliphatic heterocycles. The van der Waals surface area contributed by atoms with Crippen LogP contribution in [0.3, 0.4) is 0 Å². The quantitative estimate of drug-likeness (QED) is 0.645. The molecule has 2 aromatic carbocycles. The Balaban J connectivity index is 2.02. The first-order valence-electron chi connectivity index (χ1n) is 9.17. The SMILES string of the molecule is CCN(CC)S(=O)(=O)c1cccc(NC(=O)CN[C@@H](C)c2ccccc2Cl)c1. The summed E-state index contributed by atoms with van der Waals surface area (Å²) < 4.78 is 26.6. The van der Waals surface area contributed by atoms with Crippen LogP contribution in [0.5, 0.6) is 0 Å². The summed E-state index contributed by atoms with van der Waals surface area (Å²) in [4.78, 5) is 12.4. The highest BCUT2D eigenvalue weighted by molar-refractivity contribution is 7.89. The van der Waals surface area contributed by atoms with E-state index in [0.717, 1.165) is 5.56 Å². The van der Waals surface area contributed by atoms with Crippen LogP contribution in [0.4, 0.5) is 5.69 Å². The van der Waals surface area contributed by atoms with Gasteiger partial charge in [0, 0.05) is 29.8 Å². The maximum absolute atomic E-state index is 12.6. The van der Waals surface area contributed by atoms with Crippen LogP contribution in [-0.2, 0) is 14.8 Å². The molecule has 0 unspecified atom stereocenters. The summed E-state index contributed by atoms with van der Waals surface area (Å²) in [5, 5.41) is 6.49. The maximum Gasteiger partial charge on any atom is 0.243 e. The van der Waals surface area contributed by atoms with Crippen LogP contribution < -0.4 is 10.6 Å². The molecule has 0 heterocycles. The Morgan fingerprint density at radius 2 is 1.79 bits per heavy atom. The zero-order valence-electron chi connectivity index (χ0n) is 16.3. The van der Waals surface area contributed by atoms with E-state index in [9.17, 15) is 13.2 Å². The van der Waals surface area contributed by atoms with Gasteiger partial charge in [0.1, 0.15) is 0 Å². The third kappa shape index (κ3) is 5.54. The zero-order valence-corrected chi connectivity index (χ0v) is 17.8. The maximum atomic E-state index is 12.6. The molecule has 1 atom stereocenters. The second-order valence-corrected chi connectivity index (χ2v) is 8.63. The Labute approximate surface area is 171 Å². The number of hydrogen-bond acceptors (Lipinski definition) is 4. The number of sulfonamides is 1. The summed E-state index contributed by atoms with van der Waals surface area (Å²) in [6.45, 7) is 6.35. The first kappa shape index (κ1) is 22.4. The van der Waals surface area contributed by atoms with Crippen LogP contribution in [0.2, 0.25) is 5.02 Å². The number of anilines is 1. The summed E-state index contributed by atoms with van der Waals surface area (Å²) in [7, 11) is -3.57. The zero-order chi connectivity index (χ0) is 20.7. The lowest BCUT2D eigenvalue weighted by atomic mass is 10.1. The Bertz CT molecular complexity index is 914. The van der Waals surface area contributed by atoms with E-state index in [1.165, 1.54) is 16.4 Å². The standard InChI is InChI=1S/C20H26ClN3O3S/c1-4-24(5-2)28(26,27)17-10-8-9-16(13-17)23-20(25)14-22-15(3)18-11-6-7-12-19(18)21/h6-13,15,22H,4-5,14H2,1-3H3,(H,23,25)/t15-/m0/s1. The number of nitrogens with zero attached hydrogens (tertiary/aromatic N) is 1. The first-order valence-corrected chi connectivity index (χ1v) is 11.0. The largest absolute Gasteiger partial charge is 0.325 e. The second-order valence-electron chi connectivity index (χ2n) is 6.29. The second kappa shape index (κ2) is 10.0. The average molecular weight is 424 g/mol. The van der Waals surface area contributed by atoms with Crippen molar-refractivity contribution >= 4 is 33.2 Å². The van der Waals surface area contributed by atoms with Crippen molar-refractivity contribution in [2.45, 2.75) is 31.7 Å². The van der Waals surface area contributed by atoms with Crippen molar-refractivity contribution < 1.29 is 13.2 Å². The molecule has 1 amide bonds. The fourth-order valence-electron chi connectivity index (χ4n) is 2.83. The van der Waals surface area contributed by atoms with Crippen molar-refractivity contribution in [3.05, 3.63) is 59.1 Å². The van der Waals surface area contributed by atoms with Crippen LogP contribution in [0.25, 0.3) is 0 Å². The molecule has 0 spiro atoms. The predicted molar refractivity (Wildman–Crippen MR) is 113 cm³/mol. The van der Waals surface area contributed by atoms with Crippen molar-refractivity contribution in [2.24, 2.45) is 0 Å². The first-order chi connectivity index (χ1) is 13.3. The average Bonchev–Trinajstić information content (AvgIpc) is 2.67. The molecular weight excluding hydrogens is 398 g/mol. The smallest absolute Gasteiger partial charge is 0.243 e. The van der Waals surface area contributed by atoms with Crippen molar-refractivity contribution in [3.8, 4) is 0 Å². The van der Waals surface area contributed by atoms with Crippen LogP contribution in [0, 0.1) is 0 Å². The van der Waals surface area contributed by atoms with E-state index in [-0.39, 0.29) is 23.4 Å². The van der Waals surface area contributed by atoms with Crippen molar-refractivity contribution in [2.75, 3.05) is 25.0 Å². The molecular formula is C20H26ClN3O3S. The Morgan fingerprint density at radius 3 is 2.43 bits per heavy atom. The van der Waals surface area contributed by atoms with Crippen LogP contribution >= 0.6 is 11.6 Å². The van der Waals surface area contributed by atoms with Crippen LogP contribution in [-0.4, -0.2) is 38.3 Å². The minimum atomic E-state index is -3.57. The van der Waals surface area contributed by atoms with Gasteiger partial charge in [-0.1, -0.05) is 49.7 Å². The molecule has 0 radical (unpaired) electrons. The molecule has 2 aromatic rings. The number of hydrogen-bond donors (Lipinski definition) is 2. The molecule has 0 bridgehead atoms. The molecule has 0 aromatic heterocycles. The molecule has 0 aliphatic carbocycles. The highest BCUT2D eigenvalue weighted by Crippen LogP contribution is 2.22. The van der Waals surface area contributed by atoms with E-state index < -0.39 is 10.0 Å². The fraction of sp³-hybridized carbons (Fsp3) is 0.350. The summed E-state index contributed by atoms with van der Waals surface area (Å²) >= 11 is 6.17. The Morgan fingerprint density at radius 1 is 1.11 bits per heavy atom. The third-order valence-corrected chi connectivity index (χ3v) is 6.79. The fourth-order valence-corrected chi connectivity index (χ4v) is 4.64. The molecule has 0 saturated heterocycles. The van der Waals surface area contributed by atoms with Gasteiger partial charge < -0.3 is 10.6 Å². The number of carbonyl (C=O) groups excluding carboxylic acids is 1. The highest BCUT2D eigenvalue weighted by atomic mass is 35.5. The van der Waals surface area contributed by atoms with E-state index >= 15 is 0 Å². The number of rotatable bonds is 9. The van der Waals surface area contributed by atoms with E-state index in [1.54, 1.807) is 32.0 Å². The van der Waals surface area contributed by atoms with Gasteiger partial charge in [-0.15, -0.1) is 0 Å². The van der Waals surface area contributed by atoms with Gasteiger partial charge in [0.2, 0.25) is 15.9 Å². The monoisotopic (exact) mass is 423 g/mol. The van der Waals surface area contributed by atoms with Gasteiger partial charge in [-0.2, -0.15) is 4.31 Å². The Hall–Kier alpha value is -1.93.